The molecular formula is C33H33FN4O6. The summed E-state index contributed by atoms with van der Waals surface area (Å²) in [5.41, 5.74) is 9.28. The number of nitrogens with two attached hydrogens (primary N) is 2. The van der Waals surface area contributed by atoms with Gasteiger partial charge in [0.25, 0.3) is 5.91 Å². The lowest BCUT2D eigenvalue weighted by Gasteiger charge is -2.26. The largest absolute Gasteiger partial charge is 0.489 e. The highest BCUT2D eigenvalue weighted by atomic mass is 19.1. The summed E-state index contributed by atoms with van der Waals surface area (Å²) in [5.74, 6) is -1.50. The normalized spacial score (nSPS) is 17.4. The quantitative estimate of drug-likeness (QED) is 0.229. The van der Waals surface area contributed by atoms with Crippen molar-refractivity contribution in [3.05, 3.63) is 83.4 Å². The Bertz CT molecular complexity index is 1800. The molecule has 0 unspecified atom stereocenters. The van der Waals surface area contributed by atoms with Crippen LogP contribution in [-0.2, 0) is 20.6 Å². The Kier molecular flexibility index (Phi) is 7.63. The van der Waals surface area contributed by atoms with Crippen molar-refractivity contribution >= 4 is 28.5 Å². The molecule has 0 radical (unpaired) electrons. The Morgan fingerprint density at radius 3 is 2.45 bits per heavy atom. The zero-order valence-corrected chi connectivity index (χ0v) is 24.8. The molecular weight excluding hydrogens is 567 g/mol. The molecule has 2 aromatic carbocycles. The molecule has 5 rings (SSSR count). The number of amides is 2. The number of aromatic nitrogens is 2. The SMILES string of the molecule is CC(C)(Oc1cc(C(=O)CC[C@](C)(O)c2cc3c(c(-c4ccc(F)cc4)n2)OC[C@]3(C)C(N)=O)cc2cccnc12)C(N)=O. The maximum atomic E-state index is 13.7. The summed E-state index contributed by atoms with van der Waals surface area (Å²) in [4.78, 5) is 46.9. The van der Waals surface area contributed by atoms with Crippen molar-refractivity contribution in [1.29, 1.82) is 0 Å². The number of ether oxygens (including phenoxy) is 2. The third-order valence-electron chi connectivity index (χ3n) is 8.08. The number of ketones is 1. The van der Waals surface area contributed by atoms with E-state index in [1.54, 1.807) is 37.4 Å². The van der Waals surface area contributed by atoms with Gasteiger partial charge in [-0.2, -0.15) is 0 Å². The number of rotatable bonds is 10. The van der Waals surface area contributed by atoms with Gasteiger partial charge in [0.1, 0.15) is 46.1 Å². The number of benzene rings is 2. The van der Waals surface area contributed by atoms with Crippen LogP contribution in [0.3, 0.4) is 0 Å². The highest BCUT2D eigenvalue weighted by Gasteiger charge is 2.45. The van der Waals surface area contributed by atoms with Crippen molar-refractivity contribution in [2.24, 2.45) is 11.5 Å². The predicted molar refractivity (Wildman–Crippen MR) is 160 cm³/mol. The standard InChI is InChI=1S/C33H33FN4O6/c1-31(2,29(35)40)44-24-15-20(14-19-6-5-13-37-26(19)24)23(39)11-12-33(4,42)25-16-22-28(43-17-32(22,3)30(36)41)27(38-25)18-7-9-21(34)10-8-18/h5-10,13-16,42H,11-12,17H2,1-4H3,(H2,35,40)(H2,36,41)/t32-,33-/m0/s1. The Morgan fingerprint density at radius 2 is 1.80 bits per heavy atom. The Hall–Kier alpha value is -4.90. The first kappa shape index (κ1) is 30.6. The second-order valence-electron chi connectivity index (χ2n) is 11.9. The molecule has 0 spiro atoms. The highest BCUT2D eigenvalue weighted by molar-refractivity contribution is 6.01. The smallest absolute Gasteiger partial charge is 0.261 e. The van der Waals surface area contributed by atoms with Crippen molar-refractivity contribution < 1.29 is 33.4 Å². The lowest BCUT2D eigenvalue weighted by atomic mass is 9.81. The van der Waals surface area contributed by atoms with Gasteiger partial charge in [0, 0.05) is 34.7 Å². The van der Waals surface area contributed by atoms with E-state index in [1.807, 2.05) is 0 Å². The molecule has 3 heterocycles. The third kappa shape index (κ3) is 5.58. The molecule has 2 amide bonds. The molecule has 2 atom stereocenters. The number of primary amides is 2. The average Bonchev–Trinajstić information content (AvgIpc) is 3.33. The molecule has 228 valence electrons. The molecule has 1 aliphatic heterocycles. The molecule has 0 bridgehead atoms. The summed E-state index contributed by atoms with van der Waals surface area (Å²) in [6, 6.07) is 13.8. The number of Topliss-reactive ketones (excluding diaryl/α,β-unsaturated/α-hetero) is 1. The summed E-state index contributed by atoms with van der Waals surface area (Å²) in [6.07, 6.45) is 1.44. The van der Waals surface area contributed by atoms with Crippen LogP contribution in [0.2, 0.25) is 0 Å². The molecule has 2 aromatic heterocycles. The third-order valence-corrected chi connectivity index (χ3v) is 8.08. The van der Waals surface area contributed by atoms with Crippen LogP contribution in [0.1, 0.15) is 62.2 Å². The summed E-state index contributed by atoms with van der Waals surface area (Å²) in [7, 11) is 0. The minimum Gasteiger partial charge on any atom is -0.489 e. The van der Waals surface area contributed by atoms with Gasteiger partial charge in [-0.05, 0) is 82.6 Å². The van der Waals surface area contributed by atoms with Crippen LogP contribution in [0, 0.1) is 5.82 Å². The molecule has 0 saturated heterocycles. The zero-order chi connectivity index (χ0) is 32.0. The molecule has 0 aliphatic carbocycles. The molecule has 4 aromatic rings. The number of fused-ring (bicyclic) bond motifs is 2. The Labute approximate surface area is 253 Å². The maximum Gasteiger partial charge on any atom is 0.261 e. The van der Waals surface area contributed by atoms with Crippen LogP contribution < -0.4 is 20.9 Å². The van der Waals surface area contributed by atoms with E-state index in [4.69, 9.17) is 20.9 Å². The Balaban J connectivity index is 1.48. The molecule has 0 fully saturated rings. The van der Waals surface area contributed by atoms with Gasteiger partial charge in [-0.1, -0.05) is 6.07 Å². The highest BCUT2D eigenvalue weighted by Crippen LogP contribution is 2.46. The lowest BCUT2D eigenvalue weighted by molar-refractivity contribution is -0.130. The molecule has 1 aliphatic rings. The van der Waals surface area contributed by atoms with Gasteiger partial charge >= 0.3 is 0 Å². The van der Waals surface area contributed by atoms with E-state index in [9.17, 15) is 23.9 Å². The molecule has 44 heavy (non-hydrogen) atoms. The second-order valence-corrected chi connectivity index (χ2v) is 11.9. The molecule has 11 heteroatoms. The number of carbonyl (C=O) groups excluding carboxylic acids is 3. The van der Waals surface area contributed by atoms with Gasteiger partial charge in [-0.3, -0.25) is 19.4 Å². The van der Waals surface area contributed by atoms with Crippen molar-refractivity contribution in [2.45, 2.75) is 57.2 Å². The summed E-state index contributed by atoms with van der Waals surface area (Å²) in [5, 5.41) is 12.3. The van der Waals surface area contributed by atoms with Gasteiger partial charge in [-0.15, -0.1) is 0 Å². The van der Waals surface area contributed by atoms with E-state index < -0.39 is 34.2 Å². The topological polar surface area (TPSA) is 168 Å². The van der Waals surface area contributed by atoms with Gasteiger partial charge < -0.3 is 26.0 Å². The minimum absolute atomic E-state index is 0.0224. The maximum absolute atomic E-state index is 13.7. The molecule has 10 nitrogen and oxygen atoms in total. The van der Waals surface area contributed by atoms with Gasteiger partial charge in [0.05, 0.1) is 5.69 Å². The van der Waals surface area contributed by atoms with Crippen LogP contribution in [0.4, 0.5) is 4.39 Å². The number of nitrogens with zero attached hydrogens (tertiary/aromatic N) is 2. The lowest BCUT2D eigenvalue weighted by Crippen LogP contribution is -2.43. The van der Waals surface area contributed by atoms with Crippen molar-refractivity contribution in [3.63, 3.8) is 0 Å². The number of hydrogen-bond donors (Lipinski definition) is 3. The van der Waals surface area contributed by atoms with Gasteiger partial charge in [0.2, 0.25) is 5.91 Å². The van der Waals surface area contributed by atoms with Crippen LogP contribution in [-0.4, -0.2) is 44.9 Å². The minimum atomic E-state index is -1.63. The van der Waals surface area contributed by atoms with Crippen LogP contribution in [0.25, 0.3) is 22.2 Å². The number of hydrogen-bond acceptors (Lipinski definition) is 8. The monoisotopic (exact) mass is 600 g/mol. The van der Waals surface area contributed by atoms with Gasteiger partial charge in [0.15, 0.2) is 11.4 Å². The number of halogens is 1. The molecule has 0 saturated carbocycles. The summed E-state index contributed by atoms with van der Waals surface area (Å²) >= 11 is 0. The van der Waals surface area contributed by atoms with E-state index in [1.165, 1.54) is 51.1 Å². The number of aliphatic hydroxyl groups is 1. The van der Waals surface area contributed by atoms with E-state index in [0.717, 1.165) is 0 Å². The van der Waals surface area contributed by atoms with E-state index in [-0.39, 0.29) is 36.7 Å². The van der Waals surface area contributed by atoms with Crippen LogP contribution in [0.15, 0.2) is 60.8 Å². The van der Waals surface area contributed by atoms with E-state index in [0.29, 0.717) is 39.0 Å². The average molecular weight is 601 g/mol. The van der Waals surface area contributed by atoms with E-state index >= 15 is 0 Å². The first-order valence-corrected chi connectivity index (χ1v) is 14.0. The fourth-order valence-corrected chi connectivity index (χ4v) is 5.02. The van der Waals surface area contributed by atoms with E-state index in [2.05, 4.69) is 9.97 Å². The fourth-order valence-electron chi connectivity index (χ4n) is 5.02. The second kappa shape index (κ2) is 11.0. The Morgan fingerprint density at radius 1 is 1.09 bits per heavy atom. The van der Waals surface area contributed by atoms with Crippen molar-refractivity contribution in [3.8, 4) is 22.8 Å². The van der Waals surface area contributed by atoms with Crippen LogP contribution in [0.5, 0.6) is 11.5 Å². The first-order chi connectivity index (χ1) is 20.6. The summed E-state index contributed by atoms with van der Waals surface area (Å²) < 4.78 is 25.5. The zero-order valence-electron chi connectivity index (χ0n) is 24.8. The predicted octanol–water partition coefficient (Wildman–Crippen LogP) is 4.08. The fraction of sp³-hybridized carbons (Fsp3) is 0.303. The summed E-state index contributed by atoms with van der Waals surface area (Å²) in [6.45, 7) is 6.19. The first-order valence-electron chi connectivity index (χ1n) is 14.0. The van der Waals surface area contributed by atoms with Crippen molar-refractivity contribution in [2.75, 3.05) is 6.61 Å². The van der Waals surface area contributed by atoms with Crippen molar-refractivity contribution in [1.82, 2.24) is 9.97 Å². The van der Waals surface area contributed by atoms with Gasteiger partial charge in [-0.25, -0.2) is 9.37 Å². The van der Waals surface area contributed by atoms with Crippen LogP contribution >= 0.6 is 0 Å². The number of pyridine rings is 2. The molecule has 5 N–H and O–H groups in total. The number of carbonyl (C=O) groups is 3.